The van der Waals surface area contributed by atoms with Gasteiger partial charge >= 0.3 is 0 Å². The fraction of sp³-hybridized carbons (Fsp3) is 0.294. The molecule has 4 N–H and O–H groups in total. The summed E-state index contributed by atoms with van der Waals surface area (Å²) in [5, 5.41) is 6.23. The second-order valence-corrected chi connectivity index (χ2v) is 5.79. The summed E-state index contributed by atoms with van der Waals surface area (Å²) in [6.07, 6.45) is 4.37. The Kier molecular flexibility index (Phi) is 6.21. The monoisotopic (exact) mass is 374 g/mol. The van der Waals surface area contributed by atoms with Crippen molar-refractivity contribution < 1.29 is 8.78 Å². The molecule has 1 saturated heterocycles. The van der Waals surface area contributed by atoms with Gasteiger partial charge in [-0.15, -0.1) is 0 Å². The zero-order valence-corrected chi connectivity index (χ0v) is 14.6. The summed E-state index contributed by atoms with van der Waals surface area (Å²) < 4.78 is 26.7. The number of aliphatic imine (C=N–C) groups is 1. The van der Waals surface area contributed by atoms with Crippen LogP contribution in [0.2, 0.25) is 0 Å². The summed E-state index contributed by atoms with van der Waals surface area (Å²) in [7, 11) is 0. The van der Waals surface area contributed by atoms with Crippen LogP contribution in [0.15, 0.2) is 35.5 Å². The van der Waals surface area contributed by atoms with Crippen molar-refractivity contribution in [1.82, 2.24) is 20.3 Å². The molecule has 2 heterocycles. The number of benzene rings is 1. The van der Waals surface area contributed by atoms with E-state index in [9.17, 15) is 8.78 Å². The molecular weight excluding hydrogens is 354 g/mol. The molecule has 0 spiro atoms. The topological polar surface area (TPSA) is 104 Å². The van der Waals surface area contributed by atoms with Crippen LogP contribution in [0.5, 0.6) is 0 Å². The third kappa shape index (κ3) is 5.42. The molecule has 0 aliphatic carbocycles. The highest BCUT2D eigenvalue weighted by molar-refractivity contribution is 5.73. The van der Waals surface area contributed by atoms with E-state index in [1.54, 1.807) is 6.08 Å². The van der Waals surface area contributed by atoms with E-state index in [0.29, 0.717) is 11.5 Å². The lowest BCUT2D eigenvalue weighted by atomic mass is 10.2. The van der Waals surface area contributed by atoms with Crippen molar-refractivity contribution in [1.29, 1.82) is 0 Å². The summed E-state index contributed by atoms with van der Waals surface area (Å²) in [6, 6.07) is 3.33. The zero-order valence-electron chi connectivity index (χ0n) is 14.6. The van der Waals surface area contributed by atoms with Crippen LogP contribution in [0.25, 0.3) is 0 Å². The predicted octanol–water partition coefficient (Wildman–Crippen LogP) is 1.35. The summed E-state index contributed by atoms with van der Waals surface area (Å²) in [5.74, 6) is -0.300. The molecule has 8 nitrogen and oxygen atoms in total. The van der Waals surface area contributed by atoms with Gasteiger partial charge in [0.15, 0.2) is 0 Å². The average molecular weight is 374 g/mol. The molecule has 0 amide bonds. The highest BCUT2D eigenvalue weighted by Gasteiger charge is 2.16. The van der Waals surface area contributed by atoms with Crippen LogP contribution in [0.1, 0.15) is 5.56 Å². The van der Waals surface area contributed by atoms with Gasteiger partial charge in [-0.1, -0.05) is 0 Å². The minimum Gasteiger partial charge on any atom is -0.405 e. The van der Waals surface area contributed by atoms with Crippen molar-refractivity contribution in [3.63, 3.8) is 0 Å². The molecule has 1 aromatic carbocycles. The van der Waals surface area contributed by atoms with Crippen molar-refractivity contribution in [2.45, 2.75) is 6.54 Å². The van der Waals surface area contributed by atoms with Crippen LogP contribution in [-0.4, -0.2) is 47.3 Å². The van der Waals surface area contributed by atoms with Gasteiger partial charge in [-0.2, -0.15) is 15.0 Å². The molecule has 0 atom stereocenters. The fourth-order valence-electron chi connectivity index (χ4n) is 2.55. The SMILES string of the molecule is N/C=C\C=N\c1nc(NCc2cc(F)cc(F)c2)nc(N2CCNCC2)n1. The number of nitrogens with one attached hydrogen (secondary N) is 2. The van der Waals surface area contributed by atoms with Gasteiger partial charge in [-0.3, -0.25) is 0 Å². The number of rotatable bonds is 6. The minimum absolute atomic E-state index is 0.158. The van der Waals surface area contributed by atoms with Crippen LogP contribution >= 0.6 is 0 Å². The van der Waals surface area contributed by atoms with E-state index >= 15 is 0 Å². The molecule has 0 bridgehead atoms. The normalized spacial score (nSPS) is 15.0. The molecule has 142 valence electrons. The first kappa shape index (κ1) is 18.6. The summed E-state index contributed by atoms with van der Waals surface area (Å²) >= 11 is 0. The van der Waals surface area contributed by atoms with E-state index in [4.69, 9.17) is 5.73 Å². The average Bonchev–Trinajstić information content (AvgIpc) is 2.66. The highest BCUT2D eigenvalue weighted by Crippen LogP contribution is 2.17. The lowest BCUT2D eigenvalue weighted by Crippen LogP contribution is -2.44. The number of allylic oxidation sites excluding steroid dienone is 1. The van der Waals surface area contributed by atoms with Crippen molar-refractivity contribution in [2.75, 3.05) is 36.4 Å². The van der Waals surface area contributed by atoms with Crippen LogP contribution in [0.4, 0.5) is 26.6 Å². The van der Waals surface area contributed by atoms with Gasteiger partial charge in [-0.05, 0) is 30.0 Å². The van der Waals surface area contributed by atoms with E-state index in [-0.39, 0.29) is 18.4 Å². The maximum Gasteiger partial charge on any atom is 0.255 e. The molecule has 1 fully saturated rings. The molecule has 0 radical (unpaired) electrons. The molecule has 10 heteroatoms. The van der Waals surface area contributed by atoms with Gasteiger partial charge in [0, 0.05) is 45.0 Å². The van der Waals surface area contributed by atoms with E-state index in [0.717, 1.165) is 32.2 Å². The maximum atomic E-state index is 13.3. The molecule has 0 unspecified atom stereocenters. The van der Waals surface area contributed by atoms with Gasteiger partial charge in [0.05, 0.1) is 0 Å². The Hall–Kier alpha value is -3.14. The molecule has 1 aliphatic rings. The van der Waals surface area contributed by atoms with E-state index in [2.05, 4.69) is 30.6 Å². The van der Waals surface area contributed by atoms with Crippen molar-refractivity contribution >= 4 is 24.1 Å². The highest BCUT2D eigenvalue weighted by atomic mass is 19.1. The number of piperazine rings is 1. The Labute approximate surface area is 155 Å². The Bertz CT molecular complexity index is 813. The Morgan fingerprint density at radius 2 is 1.89 bits per heavy atom. The number of nitrogens with two attached hydrogens (primary N) is 1. The lowest BCUT2D eigenvalue weighted by molar-refractivity contribution is 0.578. The first-order chi connectivity index (χ1) is 13.1. The molecule has 1 aliphatic heterocycles. The van der Waals surface area contributed by atoms with E-state index in [1.807, 2.05) is 4.90 Å². The number of anilines is 2. The largest absolute Gasteiger partial charge is 0.405 e. The molecule has 2 aromatic rings. The van der Waals surface area contributed by atoms with Crippen LogP contribution in [0, 0.1) is 11.6 Å². The number of aromatic nitrogens is 3. The third-order valence-corrected chi connectivity index (χ3v) is 3.77. The Morgan fingerprint density at radius 1 is 1.15 bits per heavy atom. The first-order valence-corrected chi connectivity index (χ1v) is 8.45. The Morgan fingerprint density at radius 3 is 2.59 bits per heavy atom. The predicted molar refractivity (Wildman–Crippen MR) is 100 cm³/mol. The van der Waals surface area contributed by atoms with E-state index in [1.165, 1.54) is 24.5 Å². The van der Waals surface area contributed by atoms with Gasteiger partial charge in [-0.25, -0.2) is 13.8 Å². The van der Waals surface area contributed by atoms with Crippen molar-refractivity contribution in [3.8, 4) is 0 Å². The second kappa shape index (κ2) is 8.99. The molecule has 0 saturated carbocycles. The number of halogens is 2. The maximum absolute atomic E-state index is 13.3. The van der Waals surface area contributed by atoms with Crippen molar-refractivity contribution in [3.05, 3.63) is 47.7 Å². The van der Waals surface area contributed by atoms with Crippen molar-refractivity contribution in [2.24, 2.45) is 10.7 Å². The van der Waals surface area contributed by atoms with Crippen LogP contribution in [0.3, 0.4) is 0 Å². The van der Waals surface area contributed by atoms with Crippen LogP contribution in [-0.2, 0) is 6.54 Å². The molecule has 1 aromatic heterocycles. The second-order valence-electron chi connectivity index (χ2n) is 5.79. The van der Waals surface area contributed by atoms with Gasteiger partial charge in [0.2, 0.25) is 11.9 Å². The Balaban J connectivity index is 1.82. The van der Waals surface area contributed by atoms with Gasteiger partial charge in [0.1, 0.15) is 11.6 Å². The smallest absolute Gasteiger partial charge is 0.255 e. The quantitative estimate of drug-likeness (QED) is 0.656. The number of hydrogen-bond acceptors (Lipinski definition) is 8. The van der Waals surface area contributed by atoms with Crippen LogP contribution < -0.4 is 21.3 Å². The van der Waals surface area contributed by atoms with Gasteiger partial charge < -0.3 is 21.3 Å². The minimum atomic E-state index is -0.636. The number of hydrogen-bond donors (Lipinski definition) is 3. The summed E-state index contributed by atoms with van der Waals surface area (Å²) in [6.45, 7) is 3.32. The standard InChI is InChI=1S/C17H20F2N8/c18-13-8-12(9-14(19)10-13)11-23-16-24-15(22-3-1-2-20)25-17(26-16)27-6-4-21-5-7-27/h1-3,8-10,21H,4-7,11,20H2,(H,23,24,25,26)/b2-1-,22-3+. The van der Waals surface area contributed by atoms with E-state index < -0.39 is 11.6 Å². The first-order valence-electron chi connectivity index (χ1n) is 8.45. The molecule has 3 rings (SSSR count). The fourth-order valence-corrected chi connectivity index (χ4v) is 2.55. The lowest BCUT2D eigenvalue weighted by Gasteiger charge is -2.27. The summed E-state index contributed by atoms with van der Waals surface area (Å²) in [5.41, 5.74) is 5.73. The zero-order chi connectivity index (χ0) is 19.1. The third-order valence-electron chi connectivity index (χ3n) is 3.77. The number of nitrogens with zero attached hydrogens (tertiary/aromatic N) is 5. The molecular formula is C17H20F2N8. The molecule has 27 heavy (non-hydrogen) atoms. The summed E-state index contributed by atoms with van der Waals surface area (Å²) in [4.78, 5) is 19.1. The van der Waals surface area contributed by atoms with Gasteiger partial charge in [0.25, 0.3) is 5.95 Å².